The lowest BCUT2D eigenvalue weighted by molar-refractivity contribution is -0.669. The molecule has 0 spiro atoms. The number of hydrogen-bond acceptors (Lipinski definition) is 6. The molecule has 0 radical (unpaired) electrons. The standard InChI is InChI=1S/C17H17N2O3.FHO3S/c1-11-14(17(20)13-8-9-13)10-15(19(21)22)16(18(11)2)12-6-4-3-5-7-12;1-5(2,3)4/h3-7,10,13H,8-9H2,1-2H3;(H,2,3,4)/q+1;/p-1. The van der Waals surface area contributed by atoms with Crippen LogP contribution in [0.5, 0.6) is 0 Å². The zero-order valence-electron chi connectivity index (χ0n) is 14.6. The Kier molecular flexibility index (Phi) is 6.01. The summed E-state index contributed by atoms with van der Waals surface area (Å²) in [5.41, 5.74) is 2.50. The zero-order valence-corrected chi connectivity index (χ0v) is 15.4. The van der Waals surface area contributed by atoms with Gasteiger partial charge in [-0.3, -0.25) is 14.9 Å². The van der Waals surface area contributed by atoms with E-state index >= 15 is 0 Å². The van der Waals surface area contributed by atoms with Crippen LogP contribution in [0.1, 0.15) is 28.9 Å². The molecule has 1 aliphatic rings. The molecule has 1 aromatic heterocycles. The van der Waals surface area contributed by atoms with E-state index in [0.29, 0.717) is 11.3 Å². The number of hydrogen-bond donors (Lipinski definition) is 0. The van der Waals surface area contributed by atoms with Crippen LogP contribution in [-0.4, -0.2) is 23.7 Å². The summed E-state index contributed by atoms with van der Waals surface area (Å²) < 4.78 is 37.1. The van der Waals surface area contributed by atoms with Gasteiger partial charge in [-0.2, -0.15) is 4.57 Å². The minimum absolute atomic E-state index is 0.0239. The Morgan fingerprint density at radius 2 is 1.78 bits per heavy atom. The van der Waals surface area contributed by atoms with Gasteiger partial charge in [0.25, 0.3) is 16.2 Å². The Bertz CT molecular complexity index is 980. The summed E-state index contributed by atoms with van der Waals surface area (Å²) in [6, 6.07) is 10.7. The van der Waals surface area contributed by atoms with E-state index in [2.05, 4.69) is 0 Å². The molecule has 27 heavy (non-hydrogen) atoms. The third-order valence-corrected chi connectivity index (χ3v) is 4.21. The monoisotopic (exact) mass is 396 g/mol. The maximum atomic E-state index is 12.4. The van der Waals surface area contributed by atoms with E-state index in [1.807, 2.05) is 37.3 Å². The molecule has 1 heterocycles. The van der Waals surface area contributed by atoms with Crippen molar-refractivity contribution in [2.45, 2.75) is 19.8 Å². The molecular weight excluding hydrogens is 379 g/mol. The molecule has 8 nitrogen and oxygen atoms in total. The highest BCUT2D eigenvalue weighted by Crippen LogP contribution is 2.35. The summed E-state index contributed by atoms with van der Waals surface area (Å²) >= 11 is 0. The van der Waals surface area contributed by atoms with E-state index in [4.69, 9.17) is 13.0 Å². The zero-order chi connectivity index (χ0) is 20.4. The number of rotatable bonds is 4. The number of ketones is 1. The first kappa shape index (κ1) is 20.6. The lowest BCUT2D eigenvalue weighted by atomic mass is 10.0. The van der Waals surface area contributed by atoms with Crippen molar-refractivity contribution in [3.8, 4) is 11.3 Å². The summed E-state index contributed by atoms with van der Waals surface area (Å²) in [7, 11) is -3.64. The Balaban J connectivity index is 0.000000465. The summed E-state index contributed by atoms with van der Waals surface area (Å²) in [5.74, 6) is 0.0664. The fraction of sp³-hybridized carbons (Fsp3) is 0.294. The number of nitro groups is 1. The molecule has 0 saturated heterocycles. The number of halogens is 1. The van der Waals surface area contributed by atoms with Crippen LogP contribution >= 0.6 is 0 Å². The van der Waals surface area contributed by atoms with Gasteiger partial charge >= 0.3 is 5.69 Å². The maximum absolute atomic E-state index is 12.4. The first-order valence-corrected chi connectivity index (χ1v) is 9.24. The second-order valence-corrected chi connectivity index (χ2v) is 6.88. The average molecular weight is 396 g/mol. The van der Waals surface area contributed by atoms with Gasteiger partial charge in [0.2, 0.25) is 0 Å². The average Bonchev–Trinajstić information content (AvgIpc) is 3.40. The van der Waals surface area contributed by atoms with Gasteiger partial charge in [-0.25, -0.2) is 8.42 Å². The Labute approximate surface area is 155 Å². The molecule has 1 aromatic carbocycles. The van der Waals surface area contributed by atoms with Crippen molar-refractivity contribution in [3.63, 3.8) is 0 Å². The topological polar surface area (TPSA) is 121 Å². The Morgan fingerprint density at radius 1 is 1.26 bits per heavy atom. The van der Waals surface area contributed by atoms with Crippen LogP contribution in [0.3, 0.4) is 0 Å². The molecule has 1 aliphatic carbocycles. The number of aromatic nitrogens is 1. The van der Waals surface area contributed by atoms with Crippen molar-refractivity contribution < 1.29 is 31.1 Å². The van der Waals surface area contributed by atoms with E-state index in [1.165, 1.54) is 6.07 Å². The van der Waals surface area contributed by atoms with Crippen molar-refractivity contribution in [1.29, 1.82) is 0 Å². The number of nitrogens with zero attached hydrogens (tertiary/aromatic N) is 2. The van der Waals surface area contributed by atoms with Crippen molar-refractivity contribution in [3.05, 3.63) is 57.8 Å². The second kappa shape index (κ2) is 7.89. The minimum atomic E-state index is -5.42. The van der Waals surface area contributed by atoms with Crippen LogP contribution in [0.25, 0.3) is 11.3 Å². The van der Waals surface area contributed by atoms with E-state index in [-0.39, 0.29) is 17.4 Å². The highest BCUT2D eigenvalue weighted by molar-refractivity contribution is 7.80. The highest BCUT2D eigenvalue weighted by atomic mass is 32.3. The summed E-state index contributed by atoms with van der Waals surface area (Å²) in [6.45, 7) is 1.84. The molecule has 0 aliphatic heterocycles. The van der Waals surface area contributed by atoms with Crippen molar-refractivity contribution in [1.82, 2.24) is 0 Å². The van der Waals surface area contributed by atoms with Gasteiger partial charge < -0.3 is 4.55 Å². The quantitative estimate of drug-likeness (QED) is 0.195. The number of carbonyl (C=O) groups is 1. The van der Waals surface area contributed by atoms with Gasteiger partial charge in [0.1, 0.15) is 7.05 Å². The van der Waals surface area contributed by atoms with Crippen LogP contribution in [0.2, 0.25) is 0 Å². The van der Waals surface area contributed by atoms with Gasteiger partial charge in [-0.1, -0.05) is 18.2 Å². The van der Waals surface area contributed by atoms with Crippen molar-refractivity contribution in [2.75, 3.05) is 0 Å². The third kappa shape index (κ3) is 5.38. The minimum Gasteiger partial charge on any atom is -0.722 e. The molecule has 1 saturated carbocycles. The number of Topliss-reactive ketones (excluding diaryl/α,β-unsaturated/α-hetero) is 1. The molecule has 1 fully saturated rings. The van der Waals surface area contributed by atoms with Crippen molar-refractivity contribution in [2.24, 2.45) is 13.0 Å². The molecule has 0 bridgehead atoms. The predicted molar refractivity (Wildman–Crippen MR) is 92.3 cm³/mol. The lowest BCUT2D eigenvalue weighted by Crippen LogP contribution is -2.37. The highest BCUT2D eigenvalue weighted by Gasteiger charge is 2.37. The van der Waals surface area contributed by atoms with Crippen LogP contribution in [0.4, 0.5) is 9.57 Å². The smallest absolute Gasteiger partial charge is 0.341 e. The van der Waals surface area contributed by atoms with Crippen LogP contribution in [-0.2, 0) is 17.6 Å². The molecule has 144 valence electrons. The molecule has 3 rings (SSSR count). The second-order valence-electron chi connectivity index (χ2n) is 6.09. The van der Waals surface area contributed by atoms with Crippen molar-refractivity contribution >= 4 is 22.0 Å². The molecule has 0 amide bonds. The third-order valence-electron chi connectivity index (χ3n) is 4.21. The molecule has 0 N–H and O–H groups in total. The number of benzene rings is 1. The maximum Gasteiger partial charge on any atom is 0.341 e. The predicted octanol–water partition coefficient (Wildman–Crippen LogP) is 2.40. The number of carbonyl (C=O) groups excluding carboxylic acids is 1. The SMILES string of the molecule is Cc1c(C(=O)C2CC2)cc([N+](=O)[O-])c(-c2ccccc2)[n+]1C.O=S(=O)([O-])F. The molecule has 2 aromatic rings. The van der Waals surface area contributed by atoms with Gasteiger partial charge in [0.05, 0.1) is 16.1 Å². The van der Waals surface area contributed by atoms with Gasteiger partial charge in [-0.15, -0.1) is 3.89 Å². The van der Waals surface area contributed by atoms with Gasteiger partial charge in [-0.05, 0) is 25.0 Å². The van der Waals surface area contributed by atoms with Crippen LogP contribution in [0, 0.1) is 23.0 Å². The van der Waals surface area contributed by atoms with Crippen LogP contribution < -0.4 is 4.57 Å². The van der Waals surface area contributed by atoms with E-state index in [1.54, 1.807) is 11.6 Å². The number of pyridine rings is 1. The Morgan fingerprint density at radius 3 is 2.22 bits per heavy atom. The fourth-order valence-corrected chi connectivity index (χ4v) is 2.72. The molecule has 0 atom stereocenters. The lowest BCUT2D eigenvalue weighted by Gasteiger charge is -2.08. The molecule has 10 heteroatoms. The summed E-state index contributed by atoms with van der Waals surface area (Å²) in [5, 5.41) is 11.5. The van der Waals surface area contributed by atoms with Gasteiger partial charge in [0, 0.05) is 18.9 Å². The molecule has 0 unspecified atom stereocenters. The van der Waals surface area contributed by atoms with Gasteiger partial charge in [0.15, 0.2) is 11.5 Å². The molecular formula is C17H17FN2O6S. The summed E-state index contributed by atoms with van der Waals surface area (Å²) in [6.07, 6.45) is 1.77. The first-order valence-electron chi connectivity index (χ1n) is 7.93. The first-order chi connectivity index (χ1) is 12.5. The Hall–Kier alpha value is -2.72. The van der Waals surface area contributed by atoms with Crippen LogP contribution in [0.15, 0.2) is 36.4 Å². The van der Waals surface area contributed by atoms with E-state index in [0.717, 1.165) is 24.1 Å². The van der Waals surface area contributed by atoms with E-state index in [9.17, 15) is 18.8 Å². The largest absolute Gasteiger partial charge is 0.722 e. The van der Waals surface area contributed by atoms with E-state index < -0.39 is 15.4 Å². The fourth-order valence-electron chi connectivity index (χ4n) is 2.72. The summed E-state index contributed by atoms with van der Waals surface area (Å²) in [4.78, 5) is 23.5. The normalized spacial score (nSPS) is 13.5.